The molecule has 7 nitrogen and oxygen atoms in total. The van der Waals surface area contributed by atoms with E-state index in [0.717, 1.165) is 31.7 Å². The molecule has 186 valence electrons. The average molecular weight is 523 g/mol. The van der Waals surface area contributed by atoms with Gasteiger partial charge in [0, 0.05) is 34.2 Å². The molecule has 2 saturated carbocycles. The molecule has 2 aromatic rings. The van der Waals surface area contributed by atoms with Gasteiger partial charge in [-0.05, 0) is 62.4 Å². The highest BCUT2D eigenvalue weighted by Gasteiger charge is 2.56. The molecule has 1 aliphatic heterocycles. The molecular formula is C25H25Cl2FN2O5. The van der Waals surface area contributed by atoms with Gasteiger partial charge in [0.15, 0.2) is 12.7 Å². The van der Waals surface area contributed by atoms with Crippen LogP contribution in [0.4, 0.5) is 4.39 Å². The smallest absolute Gasteiger partial charge is 0.261 e. The van der Waals surface area contributed by atoms with Crippen molar-refractivity contribution in [1.29, 1.82) is 0 Å². The second-order valence-corrected chi connectivity index (χ2v) is 10.5. The van der Waals surface area contributed by atoms with Gasteiger partial charge in [-0.15, -0.1) is 0 Å². The predicted octanol–water partition coefficient (Wildman–Crippen LogP) is 4.08. The highest BCUT2D eigenvalue weighted by atomic mass is 35.5. The summed E-state index contributed by atoms with van der Waals surface area (Å²) in [5, 5.41) is 17.2. The minimum absolute atomic E-state index is 0.0160. The highest BCUT2D eigenvalue weighted by molar-refractivity contribution is 6.31. The van der Waals surface area contributed by atoms with Crippen LogP contribution in [0.1, 0.15) is 50.2 Å². The summed E-state index contributed by atoms with van der Waals surface area (Å²) in [6.45, 7) is -0.251. The van der Waals surface area contributed by atoms with Crippen LogP contribution in [0.2, 0.25) is 10.0 Å². The van der Waals surface area contributed by atoms with Crippen LogP contribution in [0.5, 0.6) is 11.5 Å². The van der Waals surface area contributed by atoms with Crippen LogP contribution in [0.3, 0.4) is 0 Å². The van der Waals surface area contributed by atoms with Gasteiger partial charge < -0.3 is 25.2 Å². The third-order valence-electron chi connectivity index (χ3n) is 7.22. The summed E-state index contributed by atoms with van der Waals surface area (Å²) < 4.78 is 24.8. The average Bonchev–Trinajstić information content (AvgIpc) is 3.35. The Bertz CT molecular complexity index is 1170. The lowest BCUT2D eigenvalue weighted by atomic mass is 9.90. The Kier molecular flexibility index (Phi) is 6.32. The van der Waals surface area contributed by atoms with Crippen molar-refractivity contribution in [1.82, 2.24) is 10.6 Å². The normalized spacial score (nSPS) is 28.7. The number of rotatable bonds is 6. The van der Waals surface area contributed by atoms with Gasteiger partial charge in [0.05, 0.1) is 11.1 Å². The van der Waals surface area contributed by atoms with E-state index in [9.17, 15) is 19.1 Å². The van der Waals surface area contributed by atoms with Gasteiger partial charge in [-0.1, -0.05) is 23.2 Å². The van der Waals surface area contributed by atoms with Gasteiger partial charge in [-0.25, -0.2) is 4.39 Å². The molecule has 35 heavy (non-hydrogen) atoms. The number of aliphatic hydroxyl groups is 1. The van der Waals surface area contributed by atoms with Gasteiger partial charge in [0.25, 0.3) is 11.8 Å². The van der Waals surface area contributed by atoms with Crippen molar-refractivity contribution < 1.29 is 28.6 Å². The number of halogens is 3. The first-order valence-corrected chi connectivity index (χ1v) is 12.3. The van der Waals surface area contributed by atoms with Gasteiger partial charge in [0.2, 0.25) is 0 Å². The van der Waals surface area contributed by atoms with Crippen LogP contribution in [-0.4, -0.2) is 40.7 Å². The number of carbonyl (C=O) groups excluding carboxylic acids is 2. The number of amides is 2. The highest BCUT2D eigenvalue weighted by Crippen LogP contribution is 2.50. The molecular weight excluding hydrogens is 498 g/mol. The fourth-order valence-corrected chi connectivity index (χ4v) is 5.81. The maximum atomic E-state index is 13.6. The van der Waals surface area contributed by atoms with E-state index < -0.39 is 29.1 Å². The minimum atomic E-state index is -0.842. The SMILES string of the molecule is O=C(COc1ccc(Cl)c(F)c1)NC12CCC(NC(=O)C3CC(O)c4cc(Cl)ccc4O3)(CC1)C2. The van der Waals surface area contributed by atoms with Crippen LogP contribution >= 0.6 is 23.2 Å². The summed E-state index contributed by atoms with van der Waals surface area (Å²) in [6, 6.07) is 8.97. The van der Waals surface area contributed by atoms with Crippen LogP contribution in [0.15, 0.2) is 36.4 Å². The number of fused-ring (bicyclic) bond motifs is 3. The quantitative estimate of drug-likeness (QED) is 0.531. The van der Waals surface area contributed by atoms with Crippen molar-refractivity contribution in [3.8, 4) is 11.5 Å². The Balaban J connectivity index is 1.16. The van der Waals surface area contributed by atoms with Crippen molar-refractivity contribution in [2.75, 3.05) is 6.61 Å². The summed E-state index contributed by atoms with van der Waals surface area (Å²) in [5.41, 5.74) is -0.277. The topological polar surface area (TPSA) is 96.9 Å². The molecule has 3 aliphatic rings. The van der Waals surface area contributed by atoms with Crippen LogP contribution in [0.25, 0.3) is 0 Å². The zero-order chi connectivity index (χ0) is 24.8. The van der Waals surface area contributed by atoms with E-state index in [0.29, 0.717) is 22.8 Å². The zero-order valence-corrected chi connectivity index (χ0v) is 20.3. The fraction of sp³-hybridized carbons (Fsp3) is 0.440. The monoisotopic (exact) mass is 522 g/mol. The van der Waals surface area contributed by atoms with Gasteiger partial charge in [0.1, 0.15) is 17.3 Å². The molecule has 2 atom stereocenters. The number of nitrogens with one attached hydrogen (secondary N) is 2. The largest absolute Gasteiger partial charge is 0.484 e. The van der Waals surface area contributed by atoms with E-state index in [4.69, 9.17) is 32.7 Å². The van der Waals surface area contributed by atoms with E-state index in [2.05, 4.69) is 10.6 Å². The van der Waals surface area contributed by atoms with Crippen molar-refractivity contribution in [2.45, 2.75) is 61.8 Å². The van der Waals surface area contributed by atoms with E-state index in [-0.39, 0.29) is 35.6 Å². The molecule has 0 spiro atoms. The van der Waals surface area contributed by atoms with Crippen molar-refractivity contribution in [2.24, 2.45) is 0 Å². The fourth-order valence-electron chi connectivity index (χ4n) is 5.51. The molecule has 2 unspecified atom stereocenters. The first-order chi connectivity index (χ1) is 16.7. The van der Waals surface area contributed by atoms with Crippen LogP contribution in [0, 0.1) is 5.82 Å². The molecule has 2 aromatic carbocycles. The summed E-state index contributed by atoms with van der Waals surface area (Å²) >= 11 is 11.7. The van der Waals surface area contributed by atoms with Crippen molar-refractivity contribution in [3.63, 3.8) is 0 Å². The predicted molar refractivity (Wildman–Crippen MR) is 127 cm³/mol. The Labute approximate surface area is 211 Å². The number of carbonyl (C=O) groups is 2. The van der Waals surface area contributed by atoms with Crippen molar-refractivity contribution >= 4 is 35.0 Å². The maximum absolute atomic E-state index is 13.6. The lowest BCUT2D eigenvalue weighted by molar-refractivity contribution is -0.132. The number of hydrogen-bond acceptors (Lipinski definition) is 5. The van der Waals surface area contributed by atoms with E-state index in [1.165, 1.54) is 12.1 Å². The molecule has 3 N–H and O–H groups in total. The summed E-state index contributed by atoms with van der Waals surface area (Å²) in [6.07, 6.45) is 1.99. The summed E-state index contributed by atoms with van der Waals surface area (Å²) in [5.74, 6) is -0.527. The van der Waals surface area contributed by atoms with Crippen LogP contribution < -0.4 is 20.1 Å². The Morgan fingerprint density at radius 1 is 1.09 bits per heavy atom. The number of aliphatic hydroxyl groups excluding tert-OH is 1. The van der Waals surface area contributed by atoms with Crippen LogP contribution in [-0.2, 0) is 9.59 Å². The lowest BCUT2D eigenvalue weighted by Gasteiger charge is -2.33. The molecule has 2 amide bonds. The summed E-state index contributed by atoms with van der Waals surface area (Å²) in [7, 11) is 0. The third-order valence-corrected chi connectivity index (χ3v) is 7.77. The summed E-state index contributed by atoms with van der Waals surface area (Å²) in [4.78, 5) is 25.6. The second kappa shape index (κ2) is 9.15. The molecule has 2 bridgehead atoms. The molecule has 10 heteroatoms. The molecule has 0 aromatic heterocycles. The molecule has 2 fully saturated rings. The first-order valence-electron chi connectivity index (χ1n) is 11.5. The van der Waals surface area contributed by atoms with Gasteiger partial charge in [-0.3, -0.25) is 9.59 Å². The Morgan fingerprint density at radius 3 is 2.51 bits per heavy atom. The number of benzene rings is 2. The molecule has 1 heterocycles. The number of hydrogen-bond donors (Lipinski definition) is 3. The van der Waals surface area contributed by atoms with E-state index >= 15 is 0 Å². The molecule has 5 rings (SSSR count). The maximum Gasteiger partial charge on any atom is 0.261 e. The number of ether oxygens (including phenoxy) is 2. The lowest BCUT2D eigenvalue weighted by Crippen LogP contribution is -2.51. The Hall–Kier alpha value is -2.55. The molecule has 0 saturated heterocycles. The first kappa shape index (κ1) is 24.2. The standard InChI is InChI=1S/C25H25Cl2FN2O5/c26-14-1-4-20-16(9-14)19(31)11-21(35-20)23(33)30-25-7-5-24(13-25,6-8-25)29-22(32)12-34-15-2-3-17(27)18(28)10-15/h1-4,9-10,19,21,31H,5-8,11-13H2,(H,29,32)(H,30,33). The van der Waals surface area contributed by atoms with E-state index in [1.54, 1.807) is 18.2 Å². The second-order valence-electron chi connectivity index (χ2n) is 9.68. The van der Waals surface area contributed by atoms with Crippen molar-refractivity contribution in [3.05, 3.63) is 57.8 Å². The molecule has 2 aliphatic carbocycles. The Morgan fingerprint density at radius 2 is 1.80 bits per heavy atom. The molecule has 0 radical (unpaired) electrons. The van der Waals surface area contributed by atoms with E-state index in [1.807, 2.05) is 0 Å². The van der Waals surface area contributed by atoms with Gasteiger partial charge in [-0.2, -0.15) is 0 Å². The third kappa shape index (κ3) is 4.92. The zero-order valence-electron chi connectivity index (χ0n) is 18.8. The minimum Gasteiger partial charge on any atom is -0.484 e. The van der Waals surface area contributed by atoms with Gasteiger partial charge >= 0.3 is 0 Å².